The molecule has 1 aliphatic heterocycles. The van der Waals surface area contributed by atoms with Crippen molar-refractivity contribution in [3.63, 3.8) is 0 Å². The third-order valence-corrected chi connectivity index (χ3v) is 6.04. The van der Waals surface area contributed by atoms with E-state index >= 15 is 0 Å². The predicted octanol–water partition coefficient (Wildman–Crippen LogP) is 2.45. The number of pyridine rings is 1. The Kier molecular flexibility index (Phi) is 3.67. The number of H-pyrrole nitrogens is 1. The van der Waals surface area contributed by atoms with Gasteiger partial charge in [0.05, 0.1) is 23.1 Å². The van der Waals surface area contributed by atoms with E-state index in [4.69, 9.17) is 10.7 Å². The quantitative estimate of drug-likeness (QED) is 0.408. The lowest BCUT2D eigenvalue weighted by Gasteiger charge is -2.23. The minimum Gasteiger partial charge on any atom is -0.493 e. The van der Waals surface area contributed by atoms with Crippen LogP contribution in [0.15, 0.2) is 53.6 Å². The van der Waals surface area contributed by atoms with Gasteiger partial charge in [0.15, 0.2) is 5.65 Å². The second-order valence-corrected chi connectivity index (χ2v) is 7.89. The lowest BCUT2D eigenvalue weighted by atomic mass is 9.94. The number of aromatic hydroxyl groups is 1. The zero-order chi connectivity index (χ0) is 21.1. The van der Waals surface area contributed by atoms with E-state index in [9.17, 15) is 9.90 Å². The van der Waals surface area contributed by atoms with Crippen LogP contribution in [0.25, 0.3) is 27.7 Å². The van der Waals surface area contributed by atoms with Gasteiger partial charge in [0.25, 0.3) is 0 Å². The molecule has 0 fully saturated rings. The second kappa shape index (κ2) is 6.43. The minimum atomic E-state index is -0.307. The first-order valence-electron chi connectivity index (χ1n) is 10.1. The van der Waals surface area contributed by atoms with E-state index in [0.717, 1.165) is 34.1 Å². The van der Waals surface area contributed by atoms with Gasteiger partial charge in [0.1, 0.15) is 5.82 Å². The number of nitrogens with zero attached hydrogens (tertiary/aromatic N) is 5. The van der Waals surface area contributed by atoms with E-state index < -0.39 is 0 Å². The molecule has 5 aromatic rings. The van der Waals surface area contributed by atoms with Gasteiger partial charge in [0.2, 0.25) is 5.88 Å². The fourth-order valence-electron chi connectivity index (χ4n) is 4.44. The van der Waals surface area contributed by atoms with Crippen molar-refractivity contribution in [3.8, 4) is 17.0 Å². The Labute approximate surface area is 175 Å². The Morgan fingerprint density at radius 1 is 1.19 bits per heavy atom. The molecule has 31 heavy (non-hydrogen) atoms. The number of rotatable bonds is 2. The van der Waals surface area contributed by atoms with Crippen LogP contribution in [0.4, 0.5) is 5.82 Å². The van der Waals surface area contributed by atoms with Crippen molar-refractivity contribution >= 4 is 22.4 Å². The molecular formula is C22H19N7O2. The maximum absolute atomic E-state index is 12.1. The van der Waals surface area contributed by atoms with Crippen LogP contribution in [0.1, 0.15) is 23.7 Å². The van der Waals surface area contributed by atoms with Crippen molar-refractivity contribution in [2.75, 3.05) is 5.73 Å². The van der Waals surface area contributed by atoms with E-state index in [0.29, 0.717) is 30.1 Å². The molecule has 0 amide bonds. The highest BCUT2D eigenvalue weighted by molar-refractivity contribution is 5.86. The Morgan fingerprint density at radius 3 is 2.97 bits per heavy atom. The Morgan fingerprint density at radius 2 is 2.06 bits per heavy atom. The highest BCUT2D eigenvalue weighted by Crippen LogP contribution is 2.33. The maximum atomic E-state index is 12.1. The van der Waals surface area contributed by atoms with E-state index in [1.165, 1.54) is 0 Å². The summed E-state index contributed by atoms with van der Waals surface area (Å²) in [7, 11) is 0. The van der Waals surface area contributed by atoms with Crippen LogP contribution in [0.5, 0.6) is 5.88 Å². The summed E-state index contributed by atoms with van der Waals surface area (Å²) in [6, 6.07) is 11.8. The lowest BCUT2D eigenvalue weighted by molar-refractivity contribution is 0.414. The highest BCUT2D eigenvalue weighted by atomic mass is 16.3. The van der Waals surface area contributed by atoms with Crippen molar-refractivity contribution in [2.45, 2.75) is 25.3 Å². The number of anilines is 1. The zero-order valence-corrected chi connectivity index (χ0v) is 16.5. The van der Waals surface area contributed by atoms with Crippen molar-refractivity contribution in [1.29, 1.82) is 0 Å². The molecule has 9 heteroatoms. The SMILES string of the molecule is Nc1cc([C@H]2CCc3c(O)[nH]c(=O)n3C2)nc2c(-c3cnc4ccccc4c3)cnn12. The molecule has 0 aliphatic carbocycles. The van der Waals surface area contributed by atoms with Gasteiger partial charge in [-0.25, -0.2) is 9.78 Å². The van der Waals surface area contributed by atoms with Crippen LogP contribution in [0.3, 0.4) is 0 Å². The van der Waals surface area contributed by atoms with Crippen LogP contribution >= 0.6 is 0 Å². The van der Waals surface area contributed by atoms with Crippen LogP contribution in [-0.2, 0) is 13.0 Å². The molecule has 154 valence electrons. The van der Waals surface area contributed by atoms with Crippen LogP contribution < -0.4 is 11.4 Å². The molecule has 1 aromatic carbocycles. The summed E-state index contributed by atoms with van der Waals surface area (Å²) in [5.41, 5.74) is 10.8. The summed E-state index contributed by atoms with van der Waals surface area (Å²) in [6.45, 7) is 0.439. The first-order valence-corrected chi connectivity index (χ1v) is 10.1. The normalized spacial score (nSPS) is 16.1. The van der Waals surface area contributed by atoms with Gasteiger partial charge in [-0.1, -0.05) is 18.2 Å². The molecule has 0 saturated heterocycles. The number of fused-ring (bicyclic) bond motifs is 3. The number of para-hydroxylation sites is 1. The third kappa shape index (κ3) is 2.70. The second-order valence-electron chi connectivity index (χ2n) is 7.89. The summed E-state index contributed by atoms with van der Waals surface area (Å²) in [5.74, 6) is 0.438. The molecular weight excluding hydrogens is 394 g/mol. The number of hydrogen-bond donors (Lipinski definition) is 3. The molecule has 4 N–H and O–H groups in total. The number of benzene rings is 1. The molecule has 0 unspecified atom stereocenters. The van der Waals surface area contributed by atoms with Gasteiger partial charge in [0, 0.05) is 41.2 Å². The largest absolute Gasteiger partial charge is 0.493 e. The molecule has 5 heterocycles. The number of nitrogen functional groups attached to an aromatic ring is 1. The van der Waals surface area contributed by atoms with Crippen molar-refractivity contribution in [3.05, 3.63) is 70.7 Å². The summed E-state index contributed by atoms with van der Waals surface area (Å²) < 4.78 is 3.20. The number of aromatic nitrogens is 6. The highest BCUT2D eigenvalue weighted by Gasteiger charge is 2.27. The summed E-state index contributed by atoms with van der Waals surface area (Å²) in [5, 5.41) is 15.4. The van der Waals surface area contributed by atoms with E-state index in [1.807, 2.05) is 36.5 Å². The molecule has 1 aliphatic rings. The summed E-state index contributed by atoms with van der Waals surface area (Å²) >= 11 is 0. The molecule has 0 spiro atoms. The topological polar surface area (TPSA) is 127 Å². The lowest BCUT2D eigenvalue weighted by Crippen LogP contribution is -2.27. The Balaban J connectivity index is 1.46. The standard InChI is InChI=1S/C22H19N7O2/c23-19-8-17(13-5-6-18-21(30)27-22(31)28(18)11-13)26-20-15(10-25-29(19)20)14-7-12-3-1-2-4-16(12)24-9-14/h1-4,7-10,13,30H,5-6,11,23H2,(H,27,31)/t13-/m0/s1. The number of imidazole rings is 1. The Bertz CT molecular complexity index is 1530. The molecule has 4 aromatic heterocycles. The Hall–Kier alpha value is -4.14. The third-order valence-electron chi connectivity index (χ3n) is 6.04. The van der Waals surface area contributed by atoms with Gasteiger partial charge in [-0.15, -0.1) is 0 Å². The van der Waals surface area contributed by atoms with Crippen molar-refractivity contribution in [2.24, 2.45) is 0 Å². The van der Waals surface area contributed by atoms with E-state index in [1.54, 1.807) is 15.3 Å². The van der Waals surface area contributed by atoms with Crippen LogP contribution in [0, 0.1) is 0 Å². The maximum Gasteiger partial charge on any atom is 0.328 e. The van der Waals surface area contributed by atoms with Gasteiger partial charge < -0.3 is 10.8 Å². The van der Waals surface area contributed by atoms with Crippen LogP contribution in [0.2, 0.25) is 0 Å². The smallest absolute Gasteiger partial charge is 0.328 e. The van der Waals surface area contributed by atoms with Crippen molar-refractivity contribution in [1.82, 2.24) is 29.1 Å². The van der Waals surface area contributed by atoms with Gasteiger partial charge >= 0.3 is 5.69 Å². The molecule has 9 nitrogen and oxygen atoms in total. The van der Waals surface area contributed by atoms with Gasteiger partial charge in [-0.2, -0.15) is 9.61 Å². The minimum absolute atomic E-state index is 0.00479. The first-order chi connectivity index (χ1) is 15.1. The monoisotopic (exact) mass is 413 g/mol. The fourth-order valence-corrected chi connectivity index (χ4v) is 4.44. The first kappa shape index (κ1) is 17.7. The number of aromatic amines is 1. The summed E-state index contributed by atoms with van der Waals surface area (Å²) in [6.07, 6.45) is 4.91. The van der Waals surface area contributed by atoms with E-state index in [2.05, 4.69) is 21.1 Å². The molecule has 6 rings (SSSR count). The summed E-state index contributed by atoms with van der Waals surface area (Å²) in [4.78, 5) is 24.0. The molecule has 1 atom stereocenters. The van der Waals surface area contributed by atoms with E-state index in [-0.39, 0.29) is 17.5 Å². The fraction of sp³-hybridized carbons (Fsp3) is 0.182. The van der Waals surface area contributed by atoms with Gasteiger partial charge in [-0.05, 0) is 25.0 Å². The number of nitrogens with two attached hydrogens (primary N) is 1. The molecule has 0 radical (unpaired) electrons. The van der Waals surface area contributed by atoms with Gasteiger partial charge in [-0.3, -0.25) is 14.5 Å². The van der Waals surface area contributed by atoms with Crippen LogP contribution in [-0.4, -0.2) is 34.2 Å². The predicted molar refractivity (Wildman–Crippen MR) is 116 cm³/mol. The average molecular weight is 413 g/mol. The number of hydrogen-bond acceptors (Lipinski definition) is 6. The van der Waals surface area contributed by atoms with Crippen molar-refractivity contribution < 1.29 is 5.11 Å². The zero-order valence-electron chi connectivity index (χ0n) is 16.5. The number of nitrogens with one attached hydrogen (secondary N) is 1. The molecule has 0 bridgehead atoms. The molecule has 0 saturated carbocycles. The average Bonchev–Trinajstić information content (AvgIpc) is 3.34.